The lowest BCUT2D eigenvalue weighted by atomic mass is 10.1. The van der Waals surface area contributed by atoms with Gasteiger partial charge in [0.05, 0.1) is 12.5 Å². The molecule has 1 saturated heterocycles. The van der Waals surface area contributed by atoms with E-state index in [9.17, 15) is 14.4 Å². The minimum atomic E-state index is -1.42. The molecule has 8 nitrogen and oxygen atoms in total. The molecule has 3 N–H and O–H groups in total. The highest BCUT2D eigenvalue weighted by molar-refractivity contribution is 5.86. The van der Waals surface area contributed by atoms with Crippen LogP contribution >= 0.6 is 0 Å². The maximum atomic E-state index is 11.9. The van der Waals surface area contributed by atoms with Crippen molar-refractivity contribution in [2.45, 2.75) is 38.3 Å². The van der Waals surface area contributed by atoms with Crippen molar-refractivity contribution >= 4 is 18.0 Å². The molecular weight excluding hydrogens is 268 g/mol. The number of hydrogen-bond acceptors (Lipinski definition) is 4. The Hall–Kier alpha value is -1.83. The Morgan fingerprint density at radius 3 is 2.65 bits per heavy atom. The van der Waals surface area contributed by atoms with Crippen molar-refractivity contribution in [2.75, 3.05) is 19.7 Å². The van der Waals surface area contributed by atoms with Crippen molar-refractivity contribution in [2.24, 2.45) is 0 Å². The monoisotopic (exact) mass is 288 g/mol. The van der Waals surface area contributed by atoms with E-state index in [2.05, 4.69) is 5.32 Å². The molecule has 2 atom stereocenters. The van der Waals surface area contributed by atoms with Crippen LogP contribution in [0, 0.1) is 0 Å². The normalized spacial score (nSPS) is 20.2. The molecule has 0 spiro atoms. The third-order valence-electron chi connectivity index (χ3n) is 3.04. The molecule has 0 aromatic heterocycles. The predicted octanol–water partition coefficient (Wildman–Crippen LogP) is 0.125. The molecule has 114 valence electrons. The van der Waals surface area contributed by atoms with Crippen LogP contribution in [0.1, 0.15) is 26.2 Å². The topological polar surface area (TPSA) is 116 Å². The summed E-state index contributed by atoms with van der Waals surface area (Å²) >= 11 is 0. The van der Waals surface area contributed by atoms with Crippen molar-refractivity contribution in [3.05, 3.63) is 0 Å². The van der Waals surface area contributed by atoms with Gasteiger partial charge in [-0.3, -0.25) is 4.79 Å². The molecular formula is C12H20N2O6. The van der Waals surface area contributed by atoms with Gasteiger partial charge in [-0.2, -0.15) is 0 Å². The van der Waals surface area contributed by atoms with Gasteiger partial charge in [0.25, 0.3) is 0 Å². The molecule has 1 unspecified atom stereocenters. The smallest absolute Gasteiger partial charge is 0.326 e. The largest absolute Gasteiger partial charge is 0.481 e. The first-order valence-corrected chi connectivity index (χ1v) is 6.55. The van der Waals surface area contributed by atoms with E-state index >= 15 is 0 Å². The summed E-state index contributed by atoms with van der Waals surface area (Å²) in [5, 5.41) is 19.7. The molecule has 8 heteroatoms. The Kier molecular flexibility index (Phi) is 6.23. The predicted molar refractivity (Wildman–Crippen MR) is 68.4 cm³/mol. The second-order valence-electron chi connectivity index (χ2n) is 4.60. The molecule has 20 heavy (non-hydrogen) atoms. The summed E-state index contributed by atoms with van der Waals surface area (Å²) in [5.74, 6) is -2.64. The molecule has 0 aromatic carbocycles. The lowest BCUT2D eigenvalue weighted by Gasteiger charge is -2.33. The highest BCUT2D eigenvalue weighted by Gasteiger charge is 2.28. The van der Waals surface area contributed by atoms with Crippen LogP contribution in [-0.4, -0.2) is 64.9 Å². The Morgan fingerprint density at radius 1 is 1.40 bits per heavy atom. The molecule has 2 amide bonds. The molecule has 0 saturated carbocycles. The zero-order valence-corrected chi connectivity index (χ0v) is 11.4. The van der Waals surface area contributed by atoms with E-state index in [1.807, 2.05) is 6.92 Å². The number of carbonyl (C=O) groups is 3. The van der Waals surface area contributed by atoms with Crippen LogP contribution in [0.25, 0.3) is 0 Å². The average Bonchev–Trinajstić information content (AvgIpc) is 2.38. The number of rotatable bonds is 6. The molecule has 0 aliphatic carbocycles. The quantitative estimate of drug-likeness (QED) is 0.639. The number of likely N-dealkylation sites (tertiary alicyclic amines) is 1. The van der Waals surface area contributed by atoms with Crippen molar-refractivity contribution in [3.8, 4) is 0 Å². The highest BCUT2D eigenvalue weighted by atomic mass is 16.5. The third kappa shape index (κ3) is 5.04. The van der Waals surface area contributed by atoms with E-state index in [0.29, 0.717) is 19.7 Å². The second kappa shape index (κ2) is 7.68. The Morgan fingerprint density at radius 2 is 2.10 bits per heavy atom. The second-order valence-corrected chi connectivity index (χ2v) is 4.60. The van der Waals surface area contributed by atoms with E-state index in [1.54, 1.807) is 0 Å². The number of nitrogens with one attached hydrogen (secondary N) is 1. The van der Waals surface area contributed by atoms with Crippen LogP contribution < -0.4 is 5.32 Å². The summed E-state index contributed by atoms with van der Waals surface area (Å²) in [6, 6.07) is -1.99. The Bertz CT molecular complexity index is 371. The van der Waals surface area contributed by atoms with Gasteiger partial charge < -0.3 is 25.2 Å². The van der Waals surface area contributed by atoms with E-state index < -0.39 is 30.4 Å². The van der Waals surface area contributed by atoms with Crippen molar-refractivity contribution < 1.29 is 29.3 Å². The first-order chi connectivity index (χ1) is 9.43. The van der Waals surface area contributed by atoms with Crippen LogP contribution in [0.15, 0.2) is 0 Å². The summed E-state index contributed by atoms with van der Waals surface area (Å²) in [7, 11) is 0. The number of carbonyl (C=O) groups excluding carboxylic acids is 1. The van der Waals surface area contributed by atoms with Gasteiger partial charge in [0.15, 0.2) is 0 Å². The maximum Gasteiger partial charge on any atom is 0.326 e. The number of nitrogens with zero attached hydrogens (tertiary/aromatic N) is 1. The number of aliphatic carboxylic acids is 2. The molecule has 1 aliphatic heterocycles. The number of urea groups is 1. The summed E-state index contributed by atoms with van der Waals surface area (Å²) in [5.41, 5.74) is 0. The number of carboxylic acids is 2. The zero-order chi connectivity index (χ0) is 15.1. The number of amides is 2. The Balaban J connectivity index is 2.55. The van der Waals surface area contributed by atoms with Crippen LogP contribution in [-0.2, 0) is 14.3 Å². The summed E-state index contributed by atoms with van der Waals surface area (Å²) in [6.45, 7) is 3.32. The van der Waals surface area contributed by atoms with E-state index in [1.165, 1.54) is 4.90 Å². The third-order valence-corrected chi connectivity index (χ3v) is 3.04. The van der Waals surface area contributed by atoms with Crippen LogP contribution in [0.4, 0.5) is 4.79 Å². The summed E-state index contributed by atoms with van der Waals surface area (Å²) in [6.07, 6.45) is 0.926. The van der Waals surface area contributed by atoms with Gasteiger partial charge in [-0.15, -0.1) is 0 Å². The molecule has 1 rings (SSSR count). The van der Waals surface area contributed by atoms with Crippen LogP contribution in [0.5, 0.6) is 0 Å². The van der Waals surface area contributed by atoms with Crippen LogP contribution in [0.3, 0.4) is 0 Å². The lowest BCUT2D eigenvalue weighted by molar-refractivity contribution is -0.145. The molecule has 1 fully saturated rings. The van der Waals surface area contributed by atoms with Crippen molar-refractivity contribution in [1.82, 2.24) is 10.2 Å². The molecule has 0 bridgehead atoms. The van der Waals surface area contributed by atoms with Gasteiger partial charge in [-0.1, -0.05) is 0 Å². The fourth-order valence-corrected chi connectivity index (χ4v) is 2.11. The molecule has 0 aromatic rings. The van der Waals surface area contributed by atoms with Gasteiger partial charge in [0.2, 0.25) is 0 Å². The van der Waals surface area contributed by atoms with E-state index in [4.69, 9.17) is 14.9 Å². The minimum absolute atomic E-state index is 0.0535. The van der Waals surface area contributed by atoms with Crippen molar-refractivity contribution in [3.63, 3.8) is 0 Å². The zero-order valence-electron chi connectivity index (χ0n) is 11.4. The summed E-state index contributed by atoms with van der Waals surface area (Å²) in [4.78, 5) is 34.9. The fraction of sp³-hybridized carbons (Fsp3) is 0.750. The first-order valence-electron chi connectivity index (χ1n) is 6.55. The molecule has 1 aliphatic rings. The van der Waals surface area contributed by atoms with E-state index in [-0.39, 0.29) is 6.10 Å². The van der Waals surface area contributed by atoms with Crippen LogP contribution in [0.2, 0.25) is 0 Å². The Labute approximate surface area is 116 Å². The van der Waals surface area contributed by atoms with Gasteiger partial charge in [0.1, 0.15) is 6.04 Å². The minimum Gasteiger partial charge on any atom is -0.481 e. The molecule has 0 radical (unpaired) electrons. The first kappa shape index (κ1) is 16.2. The lowest BCUT2D eigenvalue weighted by Crippen LogP contribution is -2.52. The maximum absolute atomic E-state index is 11.9. The average molecular weight is 288 g/mol. The fourth-order valence-electron chi connectivity index (χ4n) is 2.11. The number of carboxylic acid groups (broad SMARTS) is 2. The van der Waals surface area contributed by atoms with Gasteiger partial charge in [-0.25, -0.2) is 9.59 Å². The van der Waals surface area contributed by atoms with Crippen molar-refractivity contribution in [1.29, 1.82) is 0 Å². The standard InChI is InChI=1S/C12H20N2O6/c1-2-20-8-4-3-5-14(7-8)12(19)13-9(11(17)18)6-10(15)16/h8-9H,2-7H2,1H3,(H,13,19)(H,15,16)(H,17,18)/t8?,9-/m1/s1. The van der Waals surface area contributed by atoms with Gasteiger partial charge in [-0.05, 0) is 19.8 Å². The molecule has 1 heterocycles. The SMILES string of the molecule is CCOC1CCCN(C(=O)N[C@H](CC(=O)O)C(=O)O)C1. The highest BCUT2D eigenvalue weighted by Crippen LogP contribution is 2.13. The number of piperidine rings is 1. The van der Waals surface area contributed by atoms with Gasteiger partial charge in [0, 0.05) is 19.7 Å². The number of hydrogen-bond donors (Lipinski definition) is 3. The van der Waals surface area contributed by atoms with E-state index in [0.717, 1.165) is 12.8 Å². The number of ether oxygens (including phenoxy) is 1. The van der Waals surface area contributed by atoms with Gasteiger partial charge >= 0.3 is 18.0 Å². The summed E-state index contributed by atoms with van der Waals surface area (Å²) < 4.78 is 5.45.